The van der Waals surface area contributed by atoms with Crippen LogP contribution in [0.25, 0.3) is 0 Å². The molecule has 3 aromatic rings. The molecule has 0 bridgehead atoms. The Hall–Kier alpha value is -3.62. The summed E-state index contributed by atoms with van der Waals surface area (Å²) >= 11 is 12.2. The molecule has 2 N–H and O–H groups in total. The minimum Gasteiger partial charge on any atom is -0.494 e. The number of rotatable bonds is 8. The van der Waals surface area contributed by atoms with Crippen molar-refractivity contribution in [1.82, 2.24) is 10.2 Å². The van der Waals surface area contributed by atoms with Crippen molar-refractivity contribution in [2.75, 3.05) is 25.5 Å². The van der Waals surface area contributed by atoms with Gasteiger partial charge in [-0.2, -0.15) is 0 Å². The number of methoxy groups -OCH3 is 1. The fraction of sp³-hybridized carbons (Fsp3) is 0.300. The van der Waals surface area contributed by atoms with E-state index in [1.54, 1.807) is 41.3 Å². The molecule has 1 fully saturated rings. The Kier molecular flexibility index (Phi) is 9.66. The largest absolute Gasteiger partial charge is 0.494 e. The summed E-state index contributed by atoms with van der Waals surface area (Å²) in [4.78, 5) is 39.5. The lowest BCUT2D eigenvalue weighted by atomic mass is 9.89. The first-order valence-electron chi connectivity index (χ1n) is 12.9. The number of likely N-dealkylation sites (tertiary alicyclic amines) is 1. The standard InChI is InChI=1S/C30H30Cl2FN3O4/c1-18(37)34-29(21-4-3-5-22(31)16-21)30(39)36-14-12-20(13-15-36)19-6-8-23(9-7-19)35-27(38)17-24-25(32)10-11-26(40-2)28(24)33/h3-11,16,20,29H,12-15,17H2,1-2H3,(H,34,37)(H,35,38)/t29-/m1/s1. The maximum atomic E-state index is 14.5. The third kappa shape index (κ3) is 7.11. The van der Waals surface area contributed by atoms with Crippen LogP contribution in [0.2, 0.25) is 10.0 Å². The minimum atomic E-state index is -0.795. The van der Waals surface area contributed by atoms with Crippen molar-refractivity contribution in [2.45, 2.75) is 38.1 Å². The lowest BCUT2D eigenvalue weighted by molar-refractivity contribution is -0.137. The monoisotopic (exact) mass is 585 g/mol. The van der Waals surface area contributed by atoms with Crippen molar-refractivity contribution in [1.29, 1.82) is 0 Å². The summed E-state index contributed by atoms with van der Waals surface area (Å²) in [6.45, 7) is 2.48. The first-order chi connectivity index (χ1) is 19.2. The summed E-state index contributed by atoms with van der Waals surface area (Å²) in [6, 6.07) is 16.6. The summed E-state index contributed by atoms with van der Waals surface area (Å²) in [5.41, 5.74) is 2.40. The molecule has 0 radical (unpaired) electrons. The lowest BCUT2D eigenvalue weighted by Crippen LogP contribution is -2.45. The van der Waals surface area contributed by atoms with E-state index in [9.17, 15) is 18.8 Å². The van der Waals surface area contributed by atoms with E-state index in [1.807, 2.05) is 12.1 Å². The molecule has 3 amide bonds. The van der Waals surface area contributed by atoms with Crippen molar-refractivity contribution in [3.8, 4) is 5.75 Å². The first-order valence-corrected chi connectivity index (χ1v) is 13.6. The molecule has 40 heavy (non-hydrogen) atoms. The Morgan fingerprint density at radius 1 is 1.05 bits per heavy atom. The third-order valence-electron chi connectivity index (χ3n) is 6.96. The second-order valence-electron chi connectivity index (χ2n) is 9.68. The van der Waals surface area contributed by atoms with E-state index in [0.717, 1.165) is 18.4 Å². The van der Waals surface area contributed by atoms with Gasteiger partial charge in [-0.15, -0.1) is 0 Å². The van der Waals surface area contributed by atoms with Gasteiger partial charge in [-0.05, 0) is 66.3 Å². The van der Waals surface area contributed by atoms with Crippen LogP contribution in [0.15, 0.2) is 60.7 Å². The quantitative estimate of drug-likeness (QED) is 0.344. The van der Waals surface area contributed by atoms with Gasteiger partial charge in [-0.3, -0.25) is 14.4 Å². The van der Waals surface area contributed by atoms with Crippen LogP contribution >= 0.6 is 23.2 Å². The maximum Gasteiger partial charge on any atom is 0.249 e. The number of ether oxygens (including phenoxy) is 1. The zero-order valence-corrected chi connectivity index (χ0v) is 23.7. The predicted octanol–water partition coefficient (Wildman–Crippen LogP) is 5.91. The van der Waals surface area contributed by atoms with Crippen molar-refractivity contribution < 1.29 is 23.5 Å². The maximum absolute atomic E-state index is 14.5. The Bertz CT molecular complexity index is 1390. The molecule has 0 aliphatic carbocycles. The number of hydrogen-bond acceptors (Lipinski definition) is 4. The van der Waals surface area contributed by atoms with Gasteiger partial charge in [0.1, 0.15) is 6.04 Å². The highest BCUT2D eigenvalue weighted by Crippen LogP contribution is 2.31. The molecule has 1 aliphatic rings. The molecule has 7 nitrogen and oxygen atoms in total. The molecular formula is C30H30Cl2FN3O4. The smallest absolute Gasteiger partial charge is 0.249 e. The van der Waals surface area contributed by atoms with E-state index in [-0.39, 0.29) is 40.5 Å². The van der Waals surface area contributed by atoms with Crippen LogP contribution in [0.1, 0.15) is 48.4 Å². The van der Waals surface area contributed by atoms with E-state index in [4.69, 9.17) is 27.9 Å². The van der Waals surface area contributed by atoms with Crippen LogP contribution in [0.5, 0.6) is 5.75 Å². The predicted molar refractivity (Wildman–Crippen MR) is 153 cm³/mol. The zero-order chi connectivity index (χ0) is 28.8. The Morgan fingerprint density at radius 3 is 2.38 bits per heavy atom. The fourth-order valence-corrected chi connectivity index (χ4v) is 5.30. The minimum absolute atomic E-state index is 0.0272. The number of nitrogens with one attached hydrogen (secondary N) is 2. The van der Waals surface area contributed by atoms with Crippen molar-refractivity contribution in [2.24, 2.45) is 0 Å². The van der Waals surface area contributed by atoms with Crippen molar-refractivity contribution in [3.63, 3.8) is 0 Å². The summed E-state index contributed by atoms with van der Waals surface area (Å²) in [7, 11) is 1.35. The number of halogens is 3. The Morgan fingerprint density at radius 2 is 1.75 bits per heavy atom. The van der Waals surface area contributed by atoms with Crippen LogP contribution in [-0.4, -0.2) is 42.8 Å². The molecule has 1 heterocycles. The number of carbonyl (C=O) groups is 3. The number of anilines is 1. The Labute approximate surface area is 242 Å². The Balaban J connectivity index is 1.34. The van der Waals surface area contributed by atoms with Gasteiger partial charge in [0.05, 0.1) is 13.5 Å². The second-order valence-corrected chi connectivity index (χ2v) is 10.5. The topological polar surface area (TPSA) is 87.7 Å². The third-order valence-corrected chi connectivity index (χ3v) is 7.55. The van der Waals surface area contributed by atoms with Gasteiger partial charge >= 0.3 is 0 Å². The van der Waals surface area contributed by atoms with Gasteiger partial charge in [0.25, 0.3) is 0 Å². The summed E-state index contributed by atoms with van der Waals surface area (Å²) < 4.78 is 19.5. The molecule has 0 aromatic heterocycles. The molecule has 1 aliphatic heterocycles. The fourth-order valence-electron chi connectivity index (χ4n) is 4.89. The van der Waals surface area contributed by atoms with Crippen LogP contribution in [-0.2, 0) is 20.8 Å². The summed E-state index contributed by atoms with van der Waals surface area (Å²) in [5.74, 6) is -1.25. The highest BCUT2D eigenvalue weighted by molar-refractivity contribution is 6.31. The van der Waals surface area contributed by atoms with Gasteiger partial charge in [0.15, 0.2) is 11.6 Å². The van der Waals surface area contributed by atoms with E-state index in [1.165, 1.54) is 26.2 Å². The van der Waals surface area contributed by atoms with E-state index in [0.29, 0.717) is 29.4 Å². The van der Waals surface area contributed by atoms with E-state index >= 15 is 0 Å². The summed E-state index contributed by atoms with van der Waals surface area (Å²) in [6.07, 6.45) is 1.28. The van der Waals surface area contributed by atoms with Crippen LogP contribution in [0, 0.1) is 5.82 Å². The normalized spacial score (nSPS) is 14.4. The molecular weight excluding hydrogens is 556 g/mol. The molecule has 3 aromatic carbocycles. The van der Waals surface area contributed by atoms with E-state index < -0.39 is 17.8 Å². The average molecular weight is 586 g/mol. The van der Waals surface area contributed by atoms with Crippen molar-refractivity contribution in [3.05, 3.63) is 93.2 Å². The van der Waals surface area contributed by atoms with Crippen LogP contribution < -0.4 is 15.4 Å². The second kappa shape index (κ2) is 13.2. The molecule has 10 heteroatoms. The zero-order valence-electron chi connectivity index (χ0n) is 22.2. The van der Waals surface area contributed by atoms with Gasteiger partial charge in [0, 0.05) is 41.3 Å². The molecule has 4 rings (SSSR count). The highest BCUT2D eigenvalue weighted by Gasteiger charge is 2.30. The van der Waals surface area contributed by atoms with Gasteiger partial charge in [-0.1, -0.05) is 47.5 Å². The number of carbonyl (C=O) groups excluding carboxylic acids is 3. The van der Waals surface area contributed by atoms with Gasteiger partial charge < -0.3 is 20.3 Å². The SMILES string of the molecule is COc1ccc(Cl)c(CC(=O)Nc2ccc(C3CCN(C(=O)[C@H](NC(C)=O)c4cccc(Cl)c4)CC3)cc2)c1F. The molecule has 0 unspecified atom stereocenters. The number of piperidine rings is 1. The van der Waals surface area contributed by atoms with Gasteiger partial charge in [0.2, 0.25) is 17.7 Å². The van der Waals surface area contributed by atoms with Gasteiger partial charge in [-0.25, -0.2) is 4.39 Å². The highest BCUT2D eigenvalue weighted by atomic mass is 35.5. The molecule has 0 spiro atoms. The number of hydrogen-bond donors (Lipinski definition) is 2. The lowest BCUT2D eigenvalue weighted by Gasteiger charge is -2.34. The van der Waals surface area contributed by atoms with E-state index in [2.05, 4.69) is 10.6 Å². The van der Waals surface area contributed by atoms with Crippen LogP contribution in [0.3, 0.4) is 0 Å². The first kappa shape index (κ1) is 29.4. The van der Waals surface area contributed by atoms with Crippen LogP contribution in [0.4, 0.5) is 10.1 Å². The average Bonchev–Trinajstić information content (AvgIpc) is 2.94. The number of amides is 3. The number of benzene rings is 3. The molecule has 1 atom stereocenters. The molecule has 210 valence electrons. The molecule has 1 saturated heterocycles. The number of nitrogens with zero attached hydrogens (tertiary/aromatic N) is 1. The van der Waals surface area contributed by atoms with Crippen molar-refractivity contribution >= 4 is 46.6 Å². The summed E-state index contributed by atoms with van der Waals surface area (Å²) in [5, 5.41) is 6.19. The molecule has 0 saturated carbocycles.